The van der Waals surface area contributed by atoms with Crippen molar-refractivity contribution in [2.45, 2.75) is 32.0 Å². The van der Waals surface area contributed by atoms with E-state index in [-0.39, 0.29) is 0 Å². The number of ether oxygens (including phenoxy) is 1. The number of rotatable bonds is 3. The second kappa shape index (κ2) is 7.52. The molecule has 0 unspecified atom stereocenters. The molecule has 6 nitrogen and oxygen atoms in total. The van der Waals surface area contributed by atoms with Gasteiger partial charge in [-0.05, 0) is 50.6 Å². The summed E-state index contributed by atoms with van der Waals surface area (Å²) < 4.78 is 8.18. The van der Waals surface area contributed by atoms with Crippen LogP contribution in [0.5, 0.6) is 5.75 Å². The molecule has 3 aromatic rings. The molecule has 5 rings (SSSR count). The average Bonchev–Trinajstić information content (AvgIpc) is 3.38. The maximum absolute atomic E-state index is 6.48. The number of nitrogens with one attached hydrogen (secondary N) is 2. The molecule has 1 atom stereocenters. The third-order valence-electron chi connectivity index (χ3n) is 5.56. The van der Waals surface area contributed by atoms with Crippen LogP contribution in [0, 0.1) is 6.92 Å². The molecule has 1 saturated heterocycles. The number of hydrogen-bond acceptors (Lipinski definition) is 5. The average molecular weight is 430 g/mol. The maximum atomic E-state index is 6.48. The summed E-state index contributed by atoms with van der Waals surface area (Å²) in [6, 6.07) is 6.16. The summed E-state index contributed by atoms with van der Waals surface area (Å²) in [5, 5.41) is 12.4. The molecule has 0 bridgehead atoms. The highest BCUT2D eigenvalue weighted by atomic mass is 35.5. The van der Waals surface area contributed by atoms with E-state index in [1.165, 1.54) is 0 Å². The van der Waals surface area contributed by atoms with Crippen LogP contribution in [0.3, 0.4) is 0 Å². The van der Waals surface area contributed by atoms with Crippen molar-refractivity contribution in [3.05, 3.63) is 58.0 Å². The van der Waals surface area contributed by atoms with Gasteiger partial charge in [0, 0.05) is 23.5 Å². The Bertz CT molecular complexity index is 1060. The van der Waals surface area contributed by atoms with Crippen molar-refractivity contribution < 1.29 is 4.74 Å². The molecule has 150 valence electrons. The van der Waals surface area contributed by atoms with Gasteiger partial charge >= 0.3 is 0 Å². The fourth-order valence-corrected chi connectivity index (χ4v) is 4.46. The van der Waals surface area contributed by atoms with E-state index in [9.17, 15) is 0 Å². The summed E-state index contributed by atoms with van der Waals surface area (Å²) in [6.45, 7) is 4.01. The SMILES string of the molecule is Cc1ccc(Cl)c([C@H]2Nc3ncc(-c4cnn(C5CCNCC5)c4)cc3O2)c1Cl. The van der Waals surface area contributed by atoms with Gasteiger partial charge in [0.1, 0.15) is 0 Å². The Balaban J connectivity index is 1.40. The van der Waals surface area contributed by atoms with Crippen LogP contribution in [-0.4, -0.2) is 27.9 Å². The molecule has 2 aliphatic heterocycles. The minimum atomic E-state index is -0.467. The van der Waals surface area contributed by atoms with Gasteiger partial charge in [-0.15, -0.1) is 0 Å². The fraction of sp³-hybridized carbons (Fsp3) is 0.333. The van der Waals surface area contributed by atoms with E-state index >= 15 is 0 Å². The van der Waals surface area contributed by atoms with E-state index in [4.69, 9.17) is 27.9 Å². The second-order valence-electron chi connectivity index (χ2n) is 7.50. The van der Waals surface area contributed by atoms with Crippen LogP contribution in [0.2, 0.25) is 10.0 Å². The topological polar surface area (TPSA) is 64.0 Å². The van der Waals surface area contributed by atoms with Crippen molar-refractivity contribution in [2.75, 3.05) is 18.4 Å². The first-order valence-electron chi connectivity index (χ1n) is 9.73. The van der Waals surface area contributed by atoms with Gasteiger partial charge in [0.2, 0.25) is 6.23 Å². The number of hydrogen-bond donors (Lipinski definition) is 2. The number of pyridine rings is 1. The molecule has 8 heteroatoms. The van der Waals surface area contributed by atoms with Gasteiger partial charge in [-0.1, -0.05) is 29.3 Å². The van der Waals surface area contributed by atoms with Crippen molar-refractivity contribution in [3.63, 3.8) is 0 Å². The van der Waals surface area contributed by atoms with Crippen molar-refractivity contribution >= 4 is 29.0 Å². The molecule has 1 fully saturated rings. The molecule has 0 amide bonds. The Morgan fingerprint density at radius 2 is 1.97 bits per heavy atom. The lowest BCUT2D eigenvalue weighted by atomic mass is 10.1. The number of aromatic nitrogens is 3. The summed E-state index contributed by atoms with van der Waals surface area (Å²) in [5.41, 5.74) is 3.67. The molecule has 29 heavy (non-hydrogen) atoms. The number of piperidine rings is 1. The van der Waals surface area contributed by atoms with E-state index in [0.29, 0.717) is 27.7 Å². The van der Waals surface area contributed by atoms with Crippen LogP contribution >= 0.6 is 23.2 Å². The minimum Gasteiger partial charge on any atom is -0.462 e. The number of benzene rings is 1. The molecular formula is C21H21Cl2N5O. The Labute approximate surface area is 179 Å². The predicted molar refractivity (Wildman–Crippen MR) is 115 cm³/mol. The lowest BCUT2D eigenvalue weighted by Crippen LogP contribution is -2.29. The van der Waals surface area contributed by atoms with Crippen LogP contribution in [-0.2, 0) is 0 Å². The van der Waals surface area contributed by atoms with Crippen molar-refractivity contribution in [3.8, 4) is 16.9 Å². The molecule has 2 aliphatic rings. The number of anilines is 1. The maximum Gasteiger partial charge on any atom is 0.200 e. The molecule has 0 aliphatic carbocycles. The minimum absolute atomic E-state index is 0.445. The number of halogens is 2. The van der Waals surface area contributed by atoms with Gasteiger partial charge in [0.25, 0.3) is 0 Å². The summed E-state index contributed by atoms with van der Waals surface area (Å²) in [5.74, 6) is 1.36. The first-order valence-corrected chi connectivity index (χ1v) is 10.5. The monoisotopic (exact) mass is 429 g/mol. The number of fused-ring (bicyclic) bond motifs is 1. The zero-order valence-electron chi connectivity index (χ0n) is 16.0. The molecule has 0 saturated carbocycles. The Morgan fingerprint density at radius 3 is 2.79 bits per heavy atom. The molecule has 0 radical (unpaired) electrons. The fourth-order valence-electron chi connectivity index (χ4n) is 3.89. The Kier molecular flexibility index (Phi) is 4.86. The summed E-state index contributed by atoms with van der Waals surface area (Å²) >= 11 is 12.9. The highest BCUT2D eigenvalue weighted by Crippen LogP contribution is 2.43. The highest BCUT2D eigenvalue weighted by molar-refractivity contribution is 6.36. The van der Waals surface area contributed by atoms with E-state index in [1.807, 2.05) is 37.5 Å². The van der Waals surface area contributed by atoms with Crippen LogP contribution < -0.4 is 15.4 Å². The van der Waals surface area contributed by atoms with Crippen LogP contribution in [0.15, 0.2) is 36.8 Å². The van der Waals surface area contributed by atoms with Crippen LogP contribution in [0.1, 0.15) is 36.2 Å². The first kappa shape index (κ1) is 18.7. The van der Waals surface area contributed by atoms with Gasteiger partial charge in [-0.3, -0.25) is 4.68 Å². The largest absolute Gasteiger partial charge is 0.462 e. The second-order valence-corrected chi connectivity index (χ2v) is 8.28. The number of aryl methyl sites for hydroxylation is 1. The molecule has 2 N–H and O–H groups in total. The summed E-state index contributed by atoms with van der Waals surface area (Å²) in [6.07, 6.45) is 7.53. The number of nitrogens with zero attached hydrogens (tertiary/aromatic N) is 3. The highest BCUT2D eigenvalue weighted by Gasteiger charge is 2.29. The lowest BCUT2D eigenvalue weighted by Gasteiger charge is -2.22. The van der Waals surface area contributed by atoms with E-state index < -0.39 is 6.23 Å². The normalized spacial score (nSPS) is 18.9. The summed E-state index contributed by atoms with van der Waals surface area (Å²) in [4.78, 5) is 4.55. The lowest BCUT2D eigenvalue weighted by molar-refractivity contribution is 0.260. The van der Waals surface area contributed by atoms with Crippen molar-refractivity contribution in [2.24, 2.45) is 0 Å². The van der Waals surface area contributed by atoms with Gasteiger partial charge in [0.05, 0.1) is 27.8 Å². The van der Waals surface area contributed by atoms with E-state index in [0.717, 1.165) is 48.2 Å². The Morgan fingerprint density at radius 1 is 1.14 bits per heavy atom. The third kappa shape index (κ3) is 3.45. The van der Waals surface area contributed by atoms with E-state index in [2.05, 4.69) is 31.6 Å². The smallest absolute Gasteiger partial charge is 0.200 e. The van der Waals surface area contributed by atoms with Gasteiger partial charge in [-0.2, -0.15) is 5.10 Å². The van der Waals surface area contributed by atoms with E-state index in [1.54, 1.807) is 0 Å². The predicted octanol–water partition coefficient (Wildman–Crippen LogP) is 4.99. The molecule has 0 spiro atoms. The zero-order valence-corrected chi connectivity index (χ0v) is 17.5. The van der Waals surface area contributed by atoms with Crippen LogP contribution in [0.25, 0.3) is 11.1 Å². The molecule has 2 aromatic heterocycles. The van der Waals surface area contributed by atoms with Crippen LogP contribution in [0.4, 0.5) is 5.82 Å². The molecule has 4 heterocycles. The Hall–Kier alpha value is -2.28. The van der Waals surface area contributed by atoms with Gasteiger partial charge in [0.15, 0.2) is 11.6 Å². The first-order chi connectivity index (χ1) is 14.1. The molecular weight excluding hydrogens is 409 g/mol. The zero-order chi connectivity index (χ0) is 20.0. The molecule has 1 aromatic carbocycles. The van der Waals surface area contributed by atoms with Gasteiger partial charge < -0.3 is 15.4 Å². The summed E-state index contributed by atoms with van der Waals surface area (Å²) in [7, 11) is 0. The standard InChI is InChI=1S/C21H21Cl2N5O/c1-12-2-3-16(22)18(19(12)23)21-27-20-17(29-21)8-13(9-25-20)14-10-26-28(11-14)15-4-6-24-7-5-15/h2-3,8-11,15,21,24H,4-7H2,1H3,(H,25,27)/t21-/m0/s1. The van der Waals surface area contributed by atoms with Crippen molar-refractivity contribution in [1.29, 1.82) is 0 Å². The third-order valence-corrected chi connectivity index (χ3v) is 6.40. The van der Waals surface area contributed by atoms with Crippen molar-refractivity contribution in [1.82, 2.24) is 20.1 Å². The van der Waals surface area contributed by atoms with Gasteiger partial charge in [-0.25, -0.2) is 4.98 Å². The quantitative estimate of drug-likeness (QED) is 0.613.